The molecule has 0 bridgehead atoms. The van der Waals surface area contributed by atoms with Crippen molar-refractivity contribution in [1.82, 2.24) is 10.2 Å². The van der Waals surface area contributed by atoms with E-state index in [0.717, 1.165) is 6.42 Å². The Morgan fingerprint density at radius 1 is 1.16 bits per heavy atom. The Morgan fingerprint density at radius 2 is 1.84 bits per heavy atom. The number of esters is 1. The number of carbonyl (C=O) groups is 3. The second-order valence-electron chi connectivity index (χ2n) is 9.36. The van der Waals surface area contributed by atoms with Crippen LogP contribution in [0.25, 0.3) is 0 Å². The number of nitro benzene ring substituents is 1. The number of rotatable bonds is 9. The summed E-state index contributed by atoms with van der Waals surface area (Å²) in [5.41, 5.74) is 2.49. The van der Waals surface area contributed by atoms with Crippen molar-refractivity contribution in [3.8, 4) is 0 Å². The van der Waals surface area contributed by atoms with Gasteiger partial charge in [-0.15, -0.1) is 0 Å². The zero-order chi connectivity index (χ0) is 27.3. The summed E-state index contributed by atoms with van der Waals surface area (Å²) in [4.78, 5) is 50.7. The lowest BCUT2D eigenvalue weighted by Gasteiger charge is -2.35. The fourth-order valence-electron chi connectivity index (χ4n) is 4.02. The van der Waals surface area contributed by atoms with Crippen molar-refractivity contribution >= 4 is 29.3 Å². The van der Waals surface area contributed by atoms with Crippen molar-refractivity contribution in [3.05, 3.63) is 80.5 Å². The molecule has 1 aliphatic heterocycles. The minimum atomic E-state index is -0.718. The number of carbonyl (C=O) groups excluding carboxylic acids is 3. The molecule has 0 saturated heterocycles. The van der Waals surface area contributed by atoms with Crippen LogP contribution in [0.2, 0.25) is 0 Å². The molecule has 3 rings (SSSR count). The van der Waals surface area contributed by atoms with Crippen LogP contribution in [0.15, 0.2) is 53.7 Å². The molecule has 10 nitrogen and oxygen atoms in total. The SMILES string of the molecule is CCCN1C(=O)NC(c2ccc(NC(=O)c3ccc(C)c([N+](=O)[O-])c3)cc2)C(C(=O)OCC(C)C)=C1C. The summed E-state index contributed by atoms with van der Waals surface area (Å²) in [5.74, 6) is -0.826. The highest BCUT2D eigenvalue weighted by Gasteiger charge is 2.36. The highest BCUT2D eigenvalue weighted by molar-refractivity contribution is 6.04. The van der Waals surface area contributed by atoms with Crippen LogP contribution < -0.4 is 10.6 Å². The van der Waals surface area contributed by atoms with E-state index in [4.69, 9.17) is 4.74 Å². The molecule has 2 aromatic rings. The Bertz CT molecular complexity index is 1240. The summed E-state index contributed by atoms with van der Waals surface area (Å²) < 4.78 is 5.51. The summed E-state index contributed by atoms with van der Waals surface area (Å²) in [6.07, 6.45) is 0.724. The fourth-order valence-corrected chi connectivity index (χ4v) is 4.02. The zero-order valence-corrected chi connectivity index (χ0v) is 21.7. The van der Waals surface area contributed by atoms with Crippen LogP contribution in [0.1, 0.15) is 61.6 Å². The number of hydrogen-bond acceptors (Lipinski definition) is 6. The Hall–Kier alpha value is -4.21. The van der Waals surface area contributed by atoms with Gasteiger partial charge in [0.25, 0.3) is 11.6 Å². The van der Waals surface area contributed by atoms with Gasteiger partial charge in [-0.05, 0) is 49.9 Å². The minimum Gasteiger partial charge on any atom is -0.462 e. The van der Waals surface area contributed by atoms with Gasteiger partial charge < -0.3 is 15.4 Å². The number of anilines is 1. The van der Waals surface area contributed by atoms with E-state index in [9.17, 15) is 24.5 Å². The molecule has 1 aliphatic rings. The number of hydrogen-bond donors (Lipinski definition) is 2. The van der Waals surface area contributed by atoms with Gasteiger partial charge in [-0.2, -0.15) is 0 Å². The number of allylic oxidation sites excluding steroid dienone is 1. The van der Waals surface area contributed by atoms with Crippen LogP contribution in [0.4, 0.5) is 16.2 Å². The molecule has 37 heavy (non-hydrogen) atoms. The predicted molar refractivity (Wildman–Crippen MR) is 139 cm³/mol. The van der Waals surface area contributed by atoms with E-state index in [-0.39, 0.29) is 29.8 Å². The molecular formula is C27H32N4O6. The smallest absolute Gasteiger partial charge is 0.338 e. The summed E-state index contributed by atoms with van der Waals surface area (Å²) >= 11 is 0. The fraction of sp³-hybridized carbons (Fsp3) is 0.370. The number of urea groups is 1. The first kappa shape index (κ1) is 27.4. The number of aryl methyl sites for hydroxylation is 1. The summed E-state index contributed by atoms with van der Waals surface area (Å²) in [5, 5.41) is 16.8. The lowest BCUT2D eigenvalue weighted by molar-refractivity contribution is -0.385. The number of amides is 3. The Labute approximate surface area is 215 Å². The number of ether oxygens (including phenoxy) is 1. The molecule has 0 saturated carbocycles. The van der Waals surface area contributed by atoms with Crippen LogP contribution in [0.5, 0.6) is 0 Å². The lowest BCUT2D eigenvalue weighted by Crippen LogP contribution is -2.48. The van der Waals surface area contributed by atoms with Gasteiger partial charge in [-0.3, -0.25) is 19.8 Å². The van der Waals surface area contributed by atoms with Crippen LogP contribution in [0.3, 0.4) is 0 Å². The third-order valence-electron chi connectivity index (χ3n) is 5.98. The van der Waals surface area contributed by atoms with Gasteiger partial charge in [0.2, 0.25) is 0 Å². The third-order valence-corrected chi connectivity index (χ3v) is 5.98. The quantitative estimate of drug-likeness (QED) is 0.275. The maximum absolute atomic E-state index is 13.1. The summed E-state index contributed by atoms with van der Waals surface area (Å²) in [6.45, 7) is 9.90. The van der Waals surface area contributed by atoms with Crippen LogP contribution in [0, 0.1) is 23.0 Å². The molecule has 0 radical (unpaired) electrons. The first-order chi connectivity index (χ1) is 17.5. The second kappa shape index (κ2) is 11.7. The Kier molecular flexibility index (Phi) is 8.65. The van der Waals surface area contributed by atoms with E-state index in [2.05, 4.69) is 10.6 Å². The Balaban J connectivity index is 1.86. The number of nitrogens with zero attached hydrogens (tertiary/aromatic N) is 2. The molecule has 3 amide bonds. The van der Waals surface area contributed by atoms with Crippen molar-refractivity contribution in [1.29, 1.82) is 0 Å². The zero-order valence-electron chi connectivity index (χ0n) is 21.7. The second-order valence-corrected chi connectivity index (χ2v) is 9.36. The average Bonchev–Trinajstić information content (AvgIpc) is 2.85. The molecular weight excluding hydrogens is 476 g/mol. The molecule has 196 valence electrons. The molecule has 0 aliphatic carbocycles. The summed E-state index contributed by atoms with van der Waals surface area (Å²) in [6, 6.07) is 9.97. The molecule has 0 spiro atoms. The first-order valence-electron chi connectivity index (χ1n) is 12.2. The first-order valence-corrected chi connectivity index (χ1v) is 12.2. The van der Waals surface area contributed by atoms with Gasteiger partial charge in [-0.25, -0.2) is 9.59 Å². The number of benzene rings is 2. The predicted octanol–water partition coefficient (Wildman–Crippen LogP) is 5.11. The van der Waals surface area contributed by atoms with Gasteiger partial charge in [0.1, 0.15) is 0 Å². The van der Waals surface area contributed by atoms with Crippen molar-refractivity contribution in [3.63, 3.8) is 0 Å². The van der Waals surface area contributed by atoms with Gasteiger partial charge in [-0.1, -0.05) is 39.0 Å². The highest BCUT2D eigenvalue weighted by Crippen LogP contribution is 2.32. The van der Waals surface area contributed by atoms with E-state index in [0.29, 0.717) is 34.6 Å². The number of nitro groups is 1. The molecule has 0 aromatic heterocycles. The van der Waals surface area contributed by atoms with Gasteiger partial charge in [0, 0.05) is 35.1 Å². The van der Waals surface area contributed by atoms with Crippen LogP contribution >= 0.6 is 0 Å². The van der Waals surface area contributed by atoms with Gasteiger partial charge in [0.15, 0.2) is 0 Å². The largest absolute Gasteiger partial charge is 0.462 e. The van der Waals surface area contributed by atoms with Gasteiger partial charge in [0.05, 0.1) is 23.1 Å². The molecule has 0 fully saturated rings. The molecule has 1 heterocycles. The maximum Gasteiger partial charge on any atom is 0.338 e. The number of nitrogens with one attached hydrogen (secondary N) is 2. The monoisotopic (exact) mass is 508 g/mol. The Morgan fingerprint density at radius 3 is 2.43 bits per heavy atom. The molecule has 2 N–H and O–H groups in total. The van der Waals surface area contributed by atoms with E-state index in [1.165, 1.54) is 23.1 Å². The van der Waals surface area contributed by atoms with E-state index in [1.807, 2.05) is 20.8 Å². The van der Waals surface area contributed by atoms with Crippen LogP contribution in [-0.2, 0) is 9.53 Å². The van der Waals surface area contributed by atoms with E-state index < -0.39 is 22.8 Å². The van der Waals surface area contributed by atoms with Crippen molar-refractivity contribution in [2.45, 2.75) is 47.1 Å². The van der Waals surface area contributed by atoms with Gasteiger partial charge >= 0.3 is 12.0 Å². The standard InChI is InChI=1S/C27H32N4O6/c1-6-13-30-18(5)23(26(33)37-15-16(2)3)24(29-27(30)34)19-9-11-21(12-10-19)28-25(32)20-8-7-17(4)22(14-20)31(35)36/h7-12,14,16,24H,6,13,15H2,1-5H3,(H,28,32)(H,29,34). The van der Waals surface area contributed by atoms with E-state index >= 15 is 0 Å². The average molecular weight is 509 g/mol. The van der Waals surface area contributed by atoms with Crippen molar-refractivity contribution < 1.29 is 24.0 Å². The van der Waals surface area contributed by atoms with E-state index in [1.54, 1.807) is 38.1 Å². The lowest BCUT2D eigenvalue weighted by atomic mass is 9.94. The molecule has 1 unspecified atom stereocenters. The van der Waals surface area contributed by atoms with Crippen molar-refractivity contribution in [2.75, 3.05) is 18.5 Å². The maximum atomic E-state index is 13.1. The highest BCUT2D eigenvalue weighted by atomic mass is 16.6. The topological polar surface area (TPSA) is 131 Å². The molecule has 10 heteroatoms. The summed E-state index contributed by atoms with van der Waals surface area (Å²) in [7, 11) is 0. The third kappa shape index (κ3) is 6.32. The van der Waals surface area contributed by atoms with Crippen molar-refractivity contribution in [2.24, 2.45) is 5.92 Å². The minimum absolute atomic E-state index is 0.132. The molecule has 2 aromatic carbocycles. The molecule has 1 atom stereocenters. The van der Waals surface area contributed by atoms with Crippen LogP contribution in [-0.4, -0.2) is 40.9 Å². The normalized spacial score (nSPS) is 15.5.